The smallest absolute Gasteiger partial charge is 0.132 e. The summed E-state index contributed by atoms with van der Waals surface area (Å²) in [4.78, 5) is 3.07. The van der Waals surface area contributed by atoms with Gasteiger partial charge in [-0.15, -0.1) is 0 Å². The van der Waals surface area contributed by atoms with Crippen LogP contribution in [-0.4, -0.2) is 24.1 Å². The van der Waals surface area contributed by atoms with Gasteiger partial charge in [0.25, 0.3) is 0 Å². The largest absolute Gasteiger partial charge is 0.361 e. The number of likely N-dealkylation sites (N-methyl/N-ethyl adjacent to an activating group) is 1. The monoisotopic (exact) mass is 347 g/mol. The average Bonchev–Trinajstić information content (AvgIpc) is 2.98. The molecule has 3 nitrogen and oxygen atoms in total. The number of hydrogen-bond donors (Lipinski definition) is 3. The second-order valence-corrected chi connectivity index (χ2v) is 7.04. The normalized spacial score (nSPS) is 15.0. The Morgan fingerprint density at radius 3 is 2.72 bits per heavy atom. The van der Waals surface area contributed by atoms with Crippen LogP contribution in [0.3, 0.4) is 0 Å². The molecule has 0 spiro atoms. The molecule has 0 aliphatic carbocycles. The Labute approximate surface area is 151 Å². The lowest BCUT2D eigenvalue weighted by Crippen LogP contribution is -2.36. The molecule has 25 heavy (non-hydrogen) atoms. The fourth-order valence-corrected chi connectivity index (χ4v) is 2.94. The molecule has 2 rings (SSSR count). The van der Waals surface area contributed by atoms with Gasteiger partial charge in [0.1, 0.15) is 5.82 Å². The van der Waals surface area contributed by atoms with E-state index in [-0.39, 0.29) is 11.4 Å². The van der Waals surface area contributed by atoms with Gasteiger partial charge in [0, 0.05) is 22.6 Å². The van der Waals surface area contributed by atoms with Crippen molar-refractivity contribution in [3.63, 3.8) is 0 Å². The van der Waals surface area contributed by atoms with Crippen LogP contribution < -0.4 is 11.1 Å². The van der Waals surface area contributed by atoms with Crippen LogP contribution in [0.4, 0.5) is 4.39 Å². The summed E-state index contributed by atoms with van der Waals surface area (Å²) in [6.07, 6.45) is 9.16. The van der Waals surface area contributed by atoms with Gasteiger partial charge in [-0.3, -0.25) is 0 Å². The highest BCUT2D eigenvalue weighted by molar-refractivity contribution is 5.83. The summed E-state index contributed by atoms with van der Waals surface area (Å²) in [5, 5.41) is 3.78. The molecule has 2 aromatic rings. The lowest BCUT2D eigenvalue weighted by molar-refractivity contribution is 0.376. The van der Waals surface area contributed by atoms with E-state index < -0.39 is 0 Å². The lowest BCUT2D eigenvalue weighted by Gasteiger charge is -2.24. The van der Waals surface area contributed by atoms with E-state index in [2.05, 4.69) is 50.1 Å². The van der Waals surface area contributed by atoms with Crippen molar-refractivity contribution in [2.45, 2.75) is 52.5 Å². The molecule has 140 valence electrons. The highest BCUT2D eigenvalue weighted by Crippen LogP contribution is 2.21. The van der Waals surface area contributed by atoms with Crippen molar-refractivity contribution in [2.75, 3.05) is 13.6 Å². The summed E-state index contributed by atoms with van der Waals surface area (Å²) >= 11 is 0. The summed E-state index contributed by atoms with van der Waals surface area (Å²) in [6.45, 7) is 9.38. The molecule has 0 fully saturated rings. The van der Waals surface area contributed by atoms with E-state index in [1.807, 2.05) is 19.3 Å². The van der Waals surface area contributed by atoms with Crippen LogP contribution in [0.25, 0.3) is 10.9 Å². The Morgan fingerprint density at radius 1 is 1.40 bits per heavy atom. The van der Waals surface area contributed by atoms with Gasteiger partial charge in [-0.1, -0.05) is 32.1 Å². The third kappa shape index (κ3) is 7.00. The SMILES string of the molecule is C/C=C\C(C)CC(C)(N)CC.CNCCc1c[nH]c2cccc(F)c12. The first kappa shape index (κ1) is 21.4. The molecule has 2 atom stereocenters. The van der Waals surface area contributed by atoms with E-state index in [1.54, 1.807) is 6.07 Å². The van der Waals surface area contributed by atoms with Gasteiger partial charge in [0.05, 0.1) is 0 Å². The average molecular weight is 348 g/mol. The van der Waals surface area contributed by atoms with Gasteiger partial charge in [-0.25, -0.2) is 4.39 Å². The molecular formula is C21H34FN3. The number of hydrogen-bond acceptors (Lipinski definition) is 2. The van der Waals surface area contributed by atoms with E-state index in [1.165, 1.54) is 6.07 Å². The number of halogens is 1. The number of aromatic nitrogens is 1. The number of rotatable bonds is 7. The standard InChI is InChI=1S/C11H13FN2.C10H21N/c1-13-6-5-8-7-14-10-4-2-3-9(12)11(8)10;1-5-7-9(3)8-10(4,11)6-2/h2-4,7,13-14H,5-6H2,1H3;5,7,9H,6,8,11H2,1-4H3/b;7-5-. The molecule has 1 aromatic carbocycles. The van der Waals surface area contributed by atoms with E-state index in [0.717, 1.165) is 42.3 Å². The topological polar surface area (TPSA) is 53.8 Å². The lowest BCUT2D eigenvalue weighted by atomic mass is 9.88. The number of aromatic amines is 1. The molecule has 1 aromatic heterocycles. The fraction of sp³-hybridized carbons (Fsp3) is 0.524. The maximum atomic E-state index is 13.5. The zero-order chi connectivity index (χ0) is 18.9. The van der Waals surface area contributed by atoms with Gasteiger partial charge in [0.15, 0.2) is 0 Å². The molecule has 0 amide bonds. The second kappa shape index (κ2) is 10.4. The Bertz CT molecular complexity index is 658. The van der Waals surface area contributed by atoms with E-state index in [4.69, 9.17) is 5.73 Å². The molecule has 0 aliphatic rings. The first-order valence-corrected chi connectivity index (χ1v) is 9.15. The summed E-state index contributed by atoms with van der Waals surface area (Å²) in [6, 6.07) is 5.11. The number of H-pyrrole nitrogens is 1. The van der Waals surface area contributed by atoms with Gasteiger partial charge in [-0.2, -0.15) is 0 Å². The van der Waals surface area contributed by atoms with Gasteiger partial charge in [0.2, 0.25) is 0 Å². The summed E-state index contributed by atoms with van der Waals surface area (Å²) in [5.41, 5.74) is 7.93. The van der Waals surface area contributed by atoms with Crippen molar-refractivity contribution in [3.05, 3.63) is 47.9 Å². The third-order valence-electron chi connectivity index (χ3n) is 4.50. The van der Waals surface area contributed by atoms with E-state index in [9.17, 15) is 4.39 Å². The minimum atomic E-state index is -0.144. The van der Waals surface area contributed by atoms with Crippen LogP contribution in [0.5, 0.6) is 0 Å². The number of fused-ring (bicyclic) bond motifs is 1. The molecule has 0 bridgehead atoms. The molecule has 4 heteroatoms. The van der Waals surface area contributed by atoms with Gasteiger partial charge >= 0.3 is 0 Å². The van der Waals surface area contributed by atoms with Crippen molar-refractivity contribution in [1.29, 1.82) is 0 Å². The van der Waals surface area contributed by atoms with Crippen LogP contribution in [0.1, 0.15) is 46.1 Å². The zero-order valence-corrected chi connectivity index (χ0v) is 16.3. The first-order valence-electron chi connectivity index (χ1n) is 9.15. The minimum absolute atomic E-state index is 0.0128. The number of benzene rings is 1. The number of allylic oxidation sites excluding steroid dienone is 2. The quantitative estimate of drug-likeness (QED) is 0.631. The Hall–Kier alpha value is -1.65. The van der Waals surface area contributed by atoms with Crippen molar-refractivity contribution in [3.8, 4) is 0 Å². The molecule has 1 heterocycles. The summed E-state index contributed by atoms with van der Waals surface area (Å²) < 4.78 is 13.5. The van der Waals surface area contributed by atoms with Crippen LogP contribution in [-0.2, 0) is 6.42 Å². The fourth-order valence-electron chi connectivity index (χ4n) is 2.94. The van der Waals surface area contributed by atoms with Crippen LogP contribution in [0, 0.1) is 11.7 Å². The first-order chi connectivity index (χ1) is 11.8. The van der Waals surface area contributed by atoms with E-state index >= 15 is 0 Å². The van der Waals surface area contributed by atoms with Crippen LogP contribution in [0.15, 0.2) is 36.5 Å². The summed E-state index contributed by atoms with van der Waals surface area (Å²) in [7, 11) is 1.89. The Balaban J connectivity index is 0.000000260. The van der Waals surface area contributed by atoms with Crippen LogP contribution >= 0.6 is 0 Å². The maximum absolute atomic E-state index is 13.5. The Kier molecular flexibility index (Phi) is 8.87. The predicted octanol–water partition coefficient (Wildman–Crippen LogP) is 4.79. The van der Waals surface area contributed by atoms with Gasteiger partial charge in [-0.05, 0) is 70.3 Å². The molecule has 2 unspecified atom stereocenters. The molecule has 4 N–H and O–H groups in total. The maximum Gasteiger partial charge on any atom is 0.132 e. The van der Waals surface area contributed by atoms with Crippen LogP contribution in [0.2, 0.25) is 0 Å². The highest BCUT2D eigenvalue weighted by Gasteiger charge is 2.17. The highest BCUT2D eigenvalue weighted by atomic mass is 19.1. The predicted molar refractivity (Wildman–Crippen MR) is 107 cm³/mol. The van der Waals surface area contributed by atoms with Gasteiger partial charge < -0.3 is 16.0 Å². The molecule has 0 saturated carbocycles. The van der Waals surface area contributed by atoms with E-state index in [0.29, 0.717) is 5.92 Å². The Morgan fingerprint density at radius 2 is 2.12 bits per heavy atom. The van der Waals surface area contributed by atoms with Crippen molar-refractivity contribution < 1.29 is 4.39 Å². The summed E-state index contributed by atoms with van der Waals surface area (Å²) in [5.74, 6) is 0.463. The number of nitrogens with one attached hydrogen (secondary N) is 2. The van der Waals surface area contributed by atoms with Crippen molar-refractivity contribution in [2.24, 2.45) is 11.7 Å². The molecule has 0 radical (unpaired) electrons. The molecule has 0 saturated heterocycles. The molecular weight excluding hydrogens is 313 g/mol. The zero-order valence-electron chi connectivity index (χ0n) is 16.3. The van der Waals surface area contributed by atoms with Crippen molar-refractivity contribution >= 4 is 10.9 Å². The minimum Gasteiger partial charge on any atom is -0.361 e. The third-order valence-corrected chi connectivity index (χ3v) is 4.50. The second-order valence-electron chi connectivity index (χ2n) is 7.04. The molecule has 0 aliphatic heterocycles. The number of nitrogens with two attached hydrogens (primary N) is 1. The van der Waals surface area contributed by atoms with Crippen molar-refractivity contribution in [1.82, 2.24) is 10.3 Å².